The fourth-order valence-corrected chi connectivity index (χ4v) is 3.70. The number of carbonyl (C=O) groups is 1. The number of benzene rings is 3. The highest BCUT2D eigenvalue weighted by Crippen LogP contribution is 2.31. The number of carbonyl (C=O) groups excluding carboxylic acids is 1. The third-order valence-electron chi connectivity index (χ3n) is 5.07. The zero-order valence-electron chi connectivity index (χ0n) is 15.4. The second kappa shape index (κ2) is 6.49. The molecule has 0 saturated heterocycles. The summed E-state index contributed by atoms with van der Waals surface area (Å²) in [5, 5.41) is 5.15. The molecule has 1 aliphatic heterocycles. The molecule has 0 saturated carbocycles. The highest BCUT2D eigenvalue weighted by atomic mass is 16.1. The summed E-state index contributed by atoms with van der Waals surface area (Å²) in [7, 11) is 1.97. The van der Waals surface area contributed by atoms with Crippen molar-refractivity contribution in [3.05, 3.63) is 84.2 Å². The standard InChI is InChI=1S/C22H17BN4O/c23-22-24-11-12-27(22)16-8-5-15(6-9-16)20-18-10-7-14-3-1-2-4-17(14)21(18)26-19(28)13-25-20/h1-12H,13,23H2,(H,26,28). The molecule has 1 aliphatic rings. The first-order valence-corrected chi connectivity index (χ1v) is 9.18. The Hall–Kier alpha value is -3.67. The summed E-state index contributed by atoms with van der Waals surface area (Å²) in [6.45, 7) is 0.112. The molecular weight excluding hydrogens is 347 g/mol. The lowest BCUT2D eigenvalue weighted by molar-refractivity contribution is -0.114. The van der Waals surface area contributed by atoms with Gasteiger partial charge in [0.15, 0.2) is 7.85 Å². The molecule has 1 aromatic heterocycles. The van der Waals surface area contributed by atoms with Gasteiger partial charge in [-0.15, -0.1) is 0 Å². The Kier molecular flexibility index (Phi) is 3.83. The molecule has 0 aliphatic carbocycles. The first-order chi connectivity index (χ1) is 13.7. The predicted octanol–water partition coefficient (Wildman–Crippen LogP) is 2.07. The average molecular weight is 364 g/mol. The van der Waals surface area contributed by atoms with Crippen LogP contribution in [0.25, 0.3) is 16.5 Å². The van der Waals surface area contributed by atoms with E-state index in [2.05, 4.69) is 21.4 Å². The lowest BCUT2D eigenvalue weighted by atomic mass is 9.96. The van der Waals surface area contributed by atoms with E-state index in [-0.39, 0.29) is 12.5 Å². The third kappa shape index (κ3) is 2.70. The molecule has 0 fully saturated rings. The highest BCUT2D eigenvalue weighted by Gasteiger charge is 2.20. The number of fused-ring (bicyclic) bond motifs is 3. The van der Waals surface area contributed by atoms with Crippen molar-refractivity contribution in [1.82, 2.24) is 9.55 Å². The largest absolute Gasteiger partial charge is 0.323 e. The number of hydrogen-bond donors (Lipinski definition) is 1. The Morgan fingerprint density at radius 2 is 1.82 bits per heavy atom. The Bertz CT molecular complexity index is 1240. The van der Waals surface area contributed by atoms with Crippen LogP contribution in [-0.2, 0) is 4.79 Å². The van der Waals surface area contributed by atoms with Gasteiger partial charge in [-0.3, -0.25) is 14.8 Å². The van der Waals surface area contributed by atoms with E-state index in [1.165, 1.54) is 0 Å². The second-order valence-electron chi connectivity index (χ2n) is 6.81. The number of hydrogen-bond acceptors (Lipinski definition) is 3. The zero-order chi connectivity index (χ0) is 19.1. The maximum Gasteiger partial charge on any atom is 0.246 e. The number of nitrogens with one attached hydrogen (secondary N) is 1. The fraction of sp³-hybridized carbons (Fsp3) is 0.0455. The Balaban J connectivity index is 1.64. The van der Waals surface area contributed by atoms with Crippen molar-refractivity contribution in [2.45, 2.75) is 0 Å². The van der Waals surface area contributed by atoms with E-state index in [4.69, 9.17) is 0 Å². The van der Waals surface area contributed by atoms with Crippen LogP contribution in [-0.4, -0.2) is 35.6 Å². The van der Waals surface area contributed by atoms with Crippen LogP contribution in [0.2, 0.25) is 0 Å². The molecule has 6 heteroatoms. The van der Waals surface area contributed by atoms with E-state index < -0.39 is 0 Å². The monoisotopic (exact) mass is 364 g/mol. The molecule has 0 spiro atoms. The third-order valence-corrected chi connectivity index (χ3v) is 5.07. The van der Waals surface area contributed by atoms with Gasteiger partial charge in [-0.2, -0.15) is 0 Å². The van der Waals surface area contributed by atoms with Gasteiger partial charge in [0.1, 0.15) is 6.54 Å². The molecule has 1 N–H and O–H groups in total. The van der Waals surface area contributed by atoms with Crippen LogP contribution in [0.5, 0.6) is 0 Å². The van der Waals surface area contributed by atoms with Crippen molar-refractivity contribution in [3.8, 4) is 5.69 Å². The quantitative estimate of drug-likeness (QED) is 0.554. The highest BCUT2D eigenvalue weighted by molar-refractivity contribution is 6.29. The number of aliphatic imine (C=N–C) groups is 1. The van der Waals surface area contributed by atoms with Crippen molar-refractivity contribution in [3.63, 3.8) is 0 Å². The number of rotatable bonds is 2. The van der Waals surface area contributed by atoms with E-state index >= 15 is 0 Å². The number of imidazole rings is 1. The Morgan fingerprint density at radius 1 is 1.00 bits per heavy atom. The molecule has 0 bridgehead atoms. The van der Waals surface area contributed by atoms with Crippen molar-refractivity contribution in [1.29, 1.82) is 0 Å². The lowest BCUT2D eigenvalue weighted by Gasteiger charge is -2.14. The van der Waals surface area contributed by atoms with E-state index in [0.717, 1.165) is 44.7 Å². The minimum absolute atomic E-state index is 0.0988. The normalized spacial score (nSPS) is 13.6. The molecule has 5 nitrogen and oxygen atoms in total. The van der Waals surface area contributed by atoms with E-state index in [9.17, 15) is 4.79 Å². The van der Waals surface area contributed by atoms with Gasteiger partial charge < -0.3 is 9.88 Å². The second-order valence-corrected chi connectivity index (χ2v) is 6.81. The summed E-state index contributed by atoms with van der Waals surface area (Å²) in [6, 6.07) is 20.4. The Morgan fingerprint density at radius 3 is 2.61 bits per heavy atom. The van der Waals surface area contributed by atoms with Crippen LogP contribution in [0, 0.1) is 0 Å². The van der Waals surface area contributed by atoms with Crippen LogP contribution in [0.1, 0.15) is 11.1 Å². The Labute approximate surface area is 163 Å². The van der Waals surface area contributed by atoms with Gasteiger partial charge in [-0.1, -0.05) is 48.5 Å². The molecule has 4 aromatic rings. The maximum absolute atomic E-state index is 12.3. The van der Waals surface area contributed by atoms with Crippen molar-refractivity contribution >= 4 is 41.6 Å². The van der Waals surface area contributed by atoms with E-state index in [1.807, 2.05) is 73.2 Å². The van der Waals surface area contributed by atoms with E-state index in [0.29, 0.717) is 0 Å². The van der Waals surface area contributed by atoms with Gasteiger partial charge in [0.25, 0.3) is 0 Å². The summed E-state index contributed by atoms with van der Waals surface area (Å²) < 4.78 is 2.03. The van der Waals surface area contributed by atoms with Crippen LogP contribution < -0.4 is 11.0 Å². The topological polar surface area (TPSA) is 59.3 Å². The van der Waals surface area contributed by atoms with Crippen LogP contribution >= 0.6 is 0 Å². The molecule has 28 heavy (non-hydrogen) atoms. The smallest absolute Gasteiger partial charge is 0.246 e. The lowest BCUT2D eigenvalue weighted by Crippen LogP contribution is -2.16. The molecule has 5 rings (SSSR count). The molecule has 0 unspecified atom stereocenters. The number of nitrogens with zero attached hydrogens (tertiary/aromatic N) is 3. The van der Waals surface area contributed by atoms with Gasteiger partial charge in [0, 0.05) is 34.6 Å². The first-order valence-electron chi connectivity index (χ1n) is 9.18. The molecule has 0 radical (unpaired) electrons. The molecule has 0 atom stereocenters. The van der Waals surface area contributed by atoms with Gasteiger partial charge in [0.05, 0.1) is 17.1 Å². The van der Waals surface area contributed by atoms with Gasteiger partial charge in [-0.25, -0.2) is 0 Å². The zero-order valence-corrected chi connectivity index (χ0v) is 15.4. The van der Waals surface area contributed by atoms with Crippen molar-refractivity contribution in [2.75, 3.05) is 11.9 Å². The summed E-state index contributed by atoms with van der Waals surface area (Å²) in [5.74, 6) is -0.0988. The molecule has 2 heterocycles. The minimum atomic E-state index is -0.0988. The summed E-state index contributed by atoms with van der Waals surface area (Å²) in [5.41, 5.74) is 5.56. The number of amides is 1. The van der Waals surface area contributed by atoms with Crippen molar-refractivity contribution in [2.24, 2.45) is 4.99 Å². The molecule has 3 aromatic carbocycles. The number of anilines is 1. The molecule has 1 amide bonds. The van der Waals surface area contributed by atoms with Crippen LogP contribution in [0.15, 0.2) is 78.0 Å². The van der Waals surface area contributed by atoms with Crippen LogP contribution in [0.4, 0.5) is 5.69 Å². The predicted molar refractivity (Wildman–Crippen MR) is 115 cm³/mol. The summed E-state index contributed by atoms with van der Waals surface area (Å²) in [6.07, 6.45) is 3.73. The summed E-state index contributed by atoms with van der Waals surface area (Å²) in [4.78, 5) is 21.2. The molecule has 134 valence electrons. The SMILES string of the molecule is Bc1nccn1-c1ccc(C2=NCC(=O)Nc3c2ccc2ccccc32)cc1. The maximum atomic E-state index is 12.3. The van der Waals surface area contributed by atoms with Gasteiger partial charge >= 0.3 is 0 Å². The molecular formula is C22H17BN4O. The van der Waals surface area contributed by atoms with E-state index in [1.54, 1.807) is 6.20 Å². The number of aromatic nitrogens is 2. The van der Waals surface area contributed by atoms with Gasteiger partial charge in [-0.05, 0) is 17.5 Å². The van der Waals surface area contributed by atoms with Crippen LogP contribution in [0.3, 0.4) is 0 Å². The van der Waals surface area contributed by atoms with Gasteiger partial charge in [0.2, 0.25) is 5.91 Å². The fourth-order valence-electron chi connectivity index (χ4n) is 3.70. The first kappa shape index (κ1) is 16.5. The summed E-state index contributed by atoms with van der Waals surface area (Å²) >= 11 is 0. The average Bonchev–Trinajstić information content (AvgIpc) is 3.07. The minimum Gasteiger partial charge on any atom is -0.323 e. The van der Waals surface area contributed by atoms with Crippen molar-refractivity contribution < 1.29 is 4.79 Å².